The van der Waals surface area contributed by atoms with Crippen LogP contribution in [0.5, 0.6) is 0 Å². The molecule has 7 heteroatoms. The number of rotatable bonds is 5. The van der Waals surface area contributed by atoms with Gasteiger partial charge in [-0.15, -0.1) is 0 Å². The molecule has 0 aliphatic heterocycles. The van der Waals surface area contributed by atoms with Crippen LogP contribution in [0.2, 0.25) is 0 Å². The van der Waals surface area contributed by atoms with E-state index in [0.29, 0.717) is 0 Å². The average molecular weight is 356 g/mol. The van der Waals surface area contributed by atoms with Gasteiger partial charge < -0.3 is 0 Å². The van der Waals surface area contributed by atoms with Gasteiger partial charge in [-0.2, -0.15) is 5.10 Å². The van der Waals surface area contributed by atoms with E-state index in [0.717, 1.165) is 22.4 Å². The van der Waals surface area contributed by atoms with Crippen LogP contribution >= 0.6 is 0 Å². The van der Waals surface area contributed by atoms with Crippen LogP contribution < -0.4 is 4.72 Å². The number of aromatic nitrogens is 3. The third-order valence-electron chi connectivity index (χ3n) is 4.20. The lowest BCUT2D eigenvalue weighted by molar-refractivity contribution is 0.567. The second-order valence-corrected chi connectivity index (χ2v) is 7.73. The Balaban J connectivity index is 1.78. The molecule has 6 nitrogen and oxygen atoms in total. The summed E-state index contributed by atoms with van der Waals surface area (Å²) in [5, 5.41) is 4.07. The summed E-state index contributed by atoms with van der Waals surface area (Å²) in [5.41, 5.74) is 3.75. The van der Waals surface area contributed by atoms with Gasteiger partial charge in [-0.3, -0.25) is 0 Å². The summed E-state index contributed by atoms with van der Waals surface area (Å²) in [6.45, 7) is 5.68. The topological polar surface area (TPSA) is 76.9 Å². The minimum absolute atomic E-state index is 0.279. The molecule has 1 aromatic heterocycles. The Bertz CT molecular complexity index is 965. The van der Waals surface area contributed by atoms with Crippen molar-refractivity contribution in [1.82, 2.24) is 19.5 Å². The van der Waals surface area contributed by atoms with Gasteiger partial charge in [0.2, 0.25) is 10.0 Å². The number of nitrogens with one attached hydrogen (secondary N) is 1. The molecule has 1 heterocycles. The summed E-state index contributed by atoms with van der Waals surface area (Å²) in [5.74, 6) is 0. The highest BCUT2D eigenvalue weighted by Crippen LogP contribution is 2.20. The maximum absolute atomic E-state index is 12.6. The Morgan fingerprint density at radius 2 is 1.76 bits per heavy atom. The van der Waals surface area contributed by atoms with E-state index in [9.17, 15) is 8.42 Å². The highest BCUT2D eigenvalue weighted by atomic mass is 32.2. The quantitative estimate of drug-likeness (QED) is 0.762. The second kappa shape index (κ2) is 6.78. The molecule has 0 spiro atoms. The zero-order valence-electron chi connectivity index (χ0n) is 14.3. The largest absolute Gasteiger partial charge is 0.241 e. The third-order valence-corrected chi connectivity index (χ3v) is 5.74. The minimum atomic E-state index is -3.58. The van der Waals surface area contributed by atoms with Crippen molar-refractivity contribution in [3.63, 3.8) is 0 Å². The molecule has 1 N–H and O–H groups in total. The molecule has 2 aromatic carbocycles. The van der Waals surface area contributed by atoms with Crippen LogP contribution in [0.4, 0.5) is 0 Å². The summed E-state index contributed by atoms with van der Waals surface area (Å²) >= 11 is 0. The Kier molecular flexibility index (Phi) is 4.69. The van der Waals surface area contributed by atoms with Crippen molar-refractivity contribution in [2.75, 3.05) is 0 Å². The molecule has 0 aliphatic rings. The summed E-state index contributed by atoms with van der Waals surface area (Å²) in [6.07, 6.45) is 3.08. The zero-order valence-corrected chi connectivity index (χ0v) is 15.2. The van der Waals surface area contributed by atoms with Crippen LogP contribution in [0.3, 0.4) is 0 Å². The first-order chi connectivity index (χ1) is 11.9. The number of benzene rings is 2. The van der Waals surface area contributed by atoms with Gasteiger partial charge in [0.05, 0.1) is 10.6 Å². The molecular weight excluding hydrogens is 336 g/mol. The molecule has 130 valence electrons. The smallest absolute Gasteiger partial charge is 0.223 e. The lowest BCUT2D eigenvalue weighted by Gasteiger charge is -2.16. The van der Waals surface area contributed by atoms with E-state index in [2.05, 4.69) is 14.8 Å². The molecule has 0 bridgehead atoms. The first kappa shape index (κ1) is 17.3. The van der Waals surface area contributed by atoms with Crippen molar-refractivity contribution < 1.29 is 8.42 Å². The van der Waals surface area contributed by atoms with Gasteiger partial charge in [0, 0.05) is 6.04 Å². The molecule has 0 aliphatic carbocycles. The average Bonchev–Trinajstić information content (AvgIpc) is 3.11. The summed E-state index contributed by atoms with van der Waals surface area (Å²) in [4.78, 5) is 4.19. The van der Waals surface area contributed by atoms with Crippen LogP contribution in [-0.2, 0) is 10.0 Å². The number of sulfonamides is 1. The first-order valence-electron chi connectivity index (χ1n) is 7.91. The molecule has 0 saturated carbocycles. The molecule has 1 atom stereocenters. The molecule has 0 radical (unpaired) electrons. The zero-order chi connectivity index (χ0) is 18.0. The first-order valence-corrected chi connectivity index (χ1v) is 9.40. The van der Waals surface area contributed by atoms with Crippen LogP contribution in [-0.4, -0.2) is 23.2 Å². The maximum atomic E-state index is 12.6. The Morgan fingerprint density at radius 1 is 1.04 bits per heavy atom. The van der Waals surface area contributed by atoms with E-state index < -0.39 is 10.0 Å². The van der Waals surface area contributed by atoms with Gasteiger partial charge >= 0.3 is 0 Å². The van der Waals surface area contributed by atoms with Crippen molar-refractivity contribution in [1.29, 1.82) is 0 Å². The van der Waals surface area contributed by atoms with Crippen molar-refractivity contribution in [2.24, 2.45) is 0 Å². The van der Waals surface area contributed by atoms with Crippen LogP contribution in [0.1, 0.15) is 29.7 Å². The predicted octanol–water partition coefficient (Wildman–Crippen LogP) is 2.92. The molecule has 0 amide bonds. The standard InChI is InChI=1S/C18H20N4O2S/c1-13-4-9-18(10-14(13)2)25(23,24)21-15(3)16-5-7-17(8-6-16)22-12-19-11-20-22/h4-12,15,21H,1-3H3. The summed E-state index contributed by atoms with van der Waals surface area (Å²) < 4.78 is 29.6. The van der Waals surface area contributed by atoms with Gasteiger partial charge in [-0.25, -0.2) is 22.8 Å². The van der Waals surface area contributed by atoms with E-state index in [1.54, 1.807) is 23.1 Å². The lowest BCUT2D eigenvalue weighted by atomic mass is 10.1. The van der Waals surface area contributed by atoms with E-state index in [1.807, 2.05) is 51.1 Å². The Labute approximate surface area is 147 Å². The fraction of sp³-hybridized carbons (Fsp3) is 0.222. The molecule has 25 heavy (non-hydrogen) atoms. The lowest BCUT2D eigenvalue weighted by Crippen LogP contribution is -2.27. The molecule has 1 unspecified atom stereocenters. The van der Waals surface area contributed by atoms with Gasteiger partial charge in [0.25, 0.3) is 0 Å². The molecule has 0 saturated heterocycles. The van der Waals surface area contributed by atoms with Crippen molar-refractivity contribution in [3.05, 3.63) is 71.8 Å². The van der Waals surface area contributed by atoms with Gasteiger partial charge in [-0.05, 0) is 61.7 Å². The number of hydrogen-bond donors (Lipinski definition) is 1. The van der Waals surface area contributed by atoms with Crippen LogP contribution in [0.15, 0.2) is 60.0 Å². The van der Waals surface area contributed by atoms with Crippen LogP contribution in [0.25, 0.3) is 5.69 Å². The van der Waals surface area contributed by atoms with Gasteiger partial charge in [-0.1, -0.05) is 18.2 Å². The van der Waals surface area contributed by atoms with Gasteiger partial charge in [0.15, 0.2) is 0 Å². The predicted molar refractivity (Wildman–Crippen MR) is 96.0 cm³/mol. The highest BCUT2D eigenvalue weighted by Gasteiger charge is 2.19. The Morgan fingerprint density at radius 3 is 2.36 bits per heavy atom. The van der Waals surface area contributed by atoms with E-state index >= 15 is 0 Å². The third kappa shape index (κ3) is 3.78. The monoisotopic (exact) mass is 356 g/mol. The molecule has 0 fully saturated rings. The number of hydrogen-bond acceptors (Lipinski definition) is 4. The summed E-state index contributed by atoms with van der Waals surface area (Å²) in [6, 6.07) is 12.3. The molecule has 3 rings (SSSR count). The SMILES string of the molecule is Cc1ccc(S(=O)(=O)NC(C)c2ccc(-n3cncn3)cc2)cc1C. The fourth-order valence-electron chi connectivity index (χ4n) is 2.51. The molecular formula is C18H20N4O2S. The number of nitrogens with zero attached hydrogens (tertiary/aromatic N) is 3. The van der Waals surface area contributed by atoms with E-state index in [1.165, 1.54) is 6.33 Å². The van der Waals surface area contributed by atoms with Crippen molar-refractivity contribution in [2.45, 2.75) is 31.7 Å². The highest BCUT2D eigenvalue weighted by molar-refractivity contribution is 7.89. The van der Waals surface area contributed by atoms with Crippen molar-refractivity contribution in [3.8, 4) is 5.69 Å². The fourth-order valence-corrected chi connectivity index (χ4v) is 3.82. The normalized spacial score (nSPS) is 12.9. The number of aryl methyl sites for hydroxylation is 2. The van der Waals surface area contributed by atoms with Gasteiger partial charge in [0.1, 0.15) is 12.7 Å². The maximum Gasteiger partial charge on any atom is 0.241 e. The second-order valence-electron chi connectivity index (χ2n) is 6.02. The van der Waals surface area contributed by atoms with E-state index in [-0.39, 0.29) is 10.9 Å². The van der Waals surface area contributed by atoms with Crippen LogP contribution in [0, 0.1) is 13.8 Å². The Hall–Kier alpha value is -2.51. The minimum Gasteiger partial charge on any atom is -0.223 e. The van der Waals surface area contributed by atoms with Crippen molar-refractivity contribution >= 4 is 10.0 Å². The summed E-state index contributed by atoms with van der Waals surface area (Å²) in [7, 11) is -3.58. The van der Waals surface area contributed by atoms with E-state index in [4.69, 9.17) is 0 Å². The molecule has 3 aromatic rings.